The molecule has 1 saturated heterocycles. The molecule has 3 aromatic rings. The second kappa shape index (κ2) is 13.1. The van der Waals surface area contributed by atoms with E-state index in [9.17, 15) is 18.0 Å². The molecule has 1 aliphatic rings. The Morgan fingerprint density at radius 1 is 0.951 bits per heavy atom. The third kappa shape index (κ3) is 7.40. The van der Waals surface area contributed by atoms with Crippen molar-refractivity contribution < 1.29 is 32.2 Å². The summed E-state index contributed by atoms with van der Waals surface area (Å²) < 4.78 is 43.3. The summed E-state index contributed by atoms with van der Waals surface area (Å²) in [6.07, 6.45) is 3.03. The van der Waals surface area contributed by atoms with Crippen molar-refractivity contribution in [3.8, 4) is 11.5 Å². The summed E-state index contributed by atoms with van der Waals surface area (Å²) in [6.45, 7) is 7.04. The van der Waals surface area contributed by atoms with E-state index in [1.54, 1.807) is 24.3 Å². The number of hydrogen-bond donors (Lipinski definition) is 1. The number of methoxy groups -OCH3 is 1. The summed E-state index contributed by atoms with van der Waals surface area (Å²) in [6, 6.07) is 15.0. The molecule has 1 heterocycles. The van der Waals surface area contributed by atoms with Crippen molar-refractivity contribution in [2.75, 3.05) is 45.3 Å². The SMILES string of the molecule is COc1cc(C=CC(=O)c2ccc(S(=O)(=O)N3CCOCC3)cc2)ccc1OCC(=O)Nc1c(C)cc(C)cc1C. The van der Waals surface area contributed by atoms with Crippen molar-refractivity contribution in [2.24, 2.45) is 0 Å². The Morgan fingerprint density at radius 3 is 2.24 bits per heavy atom. The van der Waals surface area contributed by atoms with Crippen LogP contribution in [0.2, 0.25) is 0 Å². The maximum absolute atomic E-state index is 12.8. The number of morpholine rings is 1. The van der Waals surface area contributed by atoms with Crippen LogP contribution in [0.4, 0.5) is 5.69 Å². The van der Waals surface area contributed by atoms with Gasteiger partial charge in [-0.25, -0.2) is 8.42 Å². The molecule has 1 fully saturated rings. The molecular weight excluding hydrogens is 544 g/mol. The van der Waals surface area contributed by atoms with E-state index in [1.165, 1.54) is 41.8 Å². The van der Waals surface area contributed by atoms with E-state index in [2.05, 4.69) is 5.32 Å². The van der Waals surface area contributed by atoms with Gasteiger partial charge in [0, 0.05) is 24.3 Å². The molecule has 1 amide bonds. The summed E-state index contributed by atoms with van der Waals surface area (Å²) in [5.74, 6) is 0.228. The van der Waals surface area contributed by atoms with Gasteiger partial charge in [0.25, 0.3) is 5.91 Å². The lowest BCUT2D eigenvalue weighted by Gasteiger charge is -2.26. The minimum absolute atomic E-state index is 0.137. The number of ketones is 1. The molecule has 0 bridgehead atoms. The monoisotopic (exact) mass is 578 g/mol. The summed E-state index contributed by atoms with van der Waals surface area (Å²) in [5, 5.41) is 2.91. The van der Waals surface area contributed by atoms with Crippen LogP contribution in [0.25, 0.3) is 6.08 Å². The minimum Gasteiger partial charge on any atom is -0.493 e. The molecule has 4 rings (SSSR count). The lowest BCUT2D eigenvalue weighted by molar-refractivity contribution is -0.118. The van der Waals surface area contributed by atoms with Crippen molar-refractivity contribution in [3.05, 3.63) is 88.5 Å². The standard InChI is InChI=1S/C31H34N2O7S/c1-21-17-22(2)31(23(3)18-21)32-30(35)20-40-28-12-6-24(19-29(28)38-4)5-11-27(34)25-7-9-26(10-8-25)41(36,37)33-13-15-39-16-14-33/h5-12,17-19H,13-16,20H2,1-4H3,(H,32,35). The molecule has 41 heavy (non-hydrogen) atoms. The molecule has 10 heteroatoms. The minimum atomic E-state index is -3.63. The topological polar surface area (TPSA) is 111 Å². The molecule has 9 nitrogen and oxygen atoms in total. The van der Waals surface area contributed by atoms with Gasteiger partial charge in [-0.3, -0.25) is 9.59 Å². The molecule has 0 unspecified atom stereocenters. The van der Waals surface area contributed by atoms with E-state index in [-0.39, 0.29) is 23.2 Å². The van der Waals surface area contributed by atoms with E-state index in [0.717, 1.165) is 22.4 Å². The van der Waals surface area contributed by atoms with Crippen LogP contribution in [0.15, 0.2) is 65.6 Å². The van der Waals surface area contributed by atoms with Crippen molar-refractivity contribution in [1.29, 1.82) is 0 Å². The summed E-state index contributed by atoms with van der Waals surface area (Å²) in [4.78, 5) is 25.4. The van der Waals surface area contributed by atoms with Crippen LogP contribution in [0.5, 0.6) is 11.5 Å². The quantitative estimate of drug-likeness (QED) is 0.277. The first-order valence-corrected chi connectivity index (χ1v) is 14.6. The zero-order valence-electron chi connectivity index (χ0n) is 23.6. The predicted octanol–water partition coefficient (Wildman–Crippen LogP) is 4.55. The number of hydrogen-bond acceptors (Lipinski definition) is 7. The van der Waals surface area contributed by atoms with Gasteiger partial charge < -0.3 is 19.5 Å². The number of carbonyl (C=O) groups excluding carboxylic acids is 2. The van der Waals surface area contributed by atoms with Gasteiger partial charge in [0.05, 0.1) is 25.2 Å². The first kappa shape index (κ1) is 30.0. The fraction of sp³-hybridized carbons (Fsp3) is 0.290. The Morgan fingerprint density at radius 2 is 1.61 bits per heavy atom. The number of ether oxygens (including phenoxy) is 3. The van der Waals surface area contributed by atoms with Crippen LogP contribution in [0.1, 0.15) is 32.6 Å². The molecule has 0 atom stereocenters. The Kier molecular flexibility index (Phi) is 9.59. The highest BCUT2D eigenvalue weighted by Crippen LogP contribution is 2.29. The Bertz CT molecular complexity index is 1530. The molecule has 0 aromatic heterocycles. The smallest absolute Gasteiger partial charge is 0.262 e. The molecule has 0 radical (unpaired) electrons. The van der Waals surface area contributed by atoms with E-state index < -0.39 is 10.0 Å². The highest BCUT2D eigenvalue weighted by atomic mass is 32.2. The van der Waals surface area contributed by atoms with Crippen LogP contribution >= 0.6 is 0 Å². The maximum Gasteiger partial charge on any atom is 0.262 e. The third-order valence-corrected chi connectivity index (χ3v) is 8.57. The average molecular weight is 579 g/mol. The van der Waals surface area contributed by atoms with Gasteiger partial charge in [-0.15, -0.1) is 0 Å². The van der Waals surface area contributed by atoms with Gasteiger partial charge in [0.15, 0.2) is 23.9 Å². The fourth-order valence-electron chi connectivity index (χ4n) is 4.60. The van der Waals surface area contributed by atoms with E-state index in [0.29, 0.717) is 48.9 Å². The van der Waals surface area contributed by atoms with Gasteiger partial charge in [0.2, 0.25) is 10.0 Å². The number of allylic oxidation sites excluding steroid dienone is 1. The largest absolute Gasteiger partial charge is 0.493 e. The predicted molar refractivity (Wildman–Crippen MR) is 157 cm³/mol. The number of benzene rings is 3. The van der Waals surface area contributed by atoms with Crippen molar-refractivity contribution >= 4 is 33.5 Å². The summed E-state index contributed by atoms with van der Waals surface area (Å²) in [7, 11) is -2.14. The lowest BCUT2D eigenvalue weighted by atomic mass is 10.1. The van der Waals surface area contributed by atoms with Crippen molar-refractivity contribution in [2.45, 2.75) is 25.7 Å². The highest BCUT2D eigenvalue weighted by Gasteiger charge is 2.26. The van der Waals surface area contributed by atoms with Crippen LogP contribution in [-0.2, 0) is 19.6 Å². The first-order valence-electron chi connectivity index (χ1n) is 13.2. The second-order valence-corrected chi connectivity index (χ2v) is 11.7. The molecule has 0 spiro atoms. The Labute approximate surface area is 240 Å². The number of anilines is 1. The van der Waals surface area contributed by atoms with E-state index >= 15 is 0 Å². The molecule has 216 valence electrons. The molecule has 1 N–H and O–H groups in total. The van der Waals surface area contributed by atoms with Crippen LogP contribution in [0.3, 0.4) is 0 Å². The first-order chi connectivity index (χ1) is 19.6. The zero-order chi connectivity index (χ0) is 29.6. The Balaban J connectivity index is 1.37. The second-order valence-electron chi connectivity index (χ2n) is 9.76. The molecule has 0 saturated carbocycles. The molecular formula is C31H34N2O7S. The number of rotatable bonds is 10. The number of amides is 1. The van der Waals surface area contributed by atoms with E-state index in [4.69, 9.17) is 14.2 Å². The average Bonchev–Trinajstić information content (AvgIpc) is 2.97. The number of carbonyl (C=O) groups is 2. The normalized spacial score (nSPS) is 14.1. The number of nitrogens with zero attached hydrogens (tertiary/aromatic N) is 1. The van der Waals surface area contributed by atoms with Crippen LogP contribution < -0.4 is 14.8 Å². The number of nitrogens with one attached hydrogen (secondary N) is 1. The van der Waals surface area contributed by atoms with Crippen molar-refractivity contribution in [3.63, 3.8) is 0 Å². The Hall–Kier alpha value is -3.99. The van der Waals surface area contributed by atoms with Gasteiger partial charge >= 0.3 is 0 Å². The van der Waals surface area contributed by atoms with Crippen LogP contribution in [0, 0.1) is 20.8 Å². The van der Waals surface area contributed by atoms with Gasteiger partial charge in [0.1, 0.15) is 0 Å². The van der Waals surface area contributed by atoms with Gasteiger partial charge in [-0.2, -0.15) is 4.31 Å². The lowest BCUT2D eigenvalue weighted by Crippen LogP contribution is -2.40. The molecule has 3 aromatic carbocycles. The van der Waals surface area contributed by atoms with Crippen LogP contribution in [-0.4, -0.2) is 64.4 Å². The molecule has 1 aliphatic heterocycles. The zero-order valence-corrected chi connectivity index (χ0v) is 24.4. The third-order valence-electron chi connectivity index (χ3n) is 6.66. The maximum atomic E-state index is 12.8. The van der Waals surface area contributed by atoms with Gasteiger partial charge in [-0.05, 0) is 79.9 Å². The molecule has 0 aliphatic carbocycles. The fourth-order valence-corrected chi connectivity index (χ4v) is 6.01. The van der Waals surface area contributed by atoms with Gasteiger partial charge in [-0.1, -0.05) is 29.8 Å². The summed E-state index contributed by atoms with van der Waals surface area (Å²) >= 11 is 0. The summed E-state index contributed by atoms with van der Waals surface area (Å²) in [5.41, 5.74) is 4.90. The number of aryl methyl sites for hydroxylation is 3. The van der Waals surface area contributed by atoms with E-state index in [1.807, 2.05) is 32.9 Å². The number of sulfonamides is 1. The highest BCUT2D eigenvalue weighted by molar-refractivity contribution is 7.89. The van der Waals surface area contributed by atoms with Crippen molar-refractivity contribution in [1.82, 2.24) is 4.31 Å².